The van der Waals surface area contributed by atoms with E-state index >= 15 is 0 Å². The maximum Gasteiger partial charge on any atom is 0.321 e. The summed E-state index contributed by atoms with van der Waals surface area (Å²) in [5.41, 5.74) is 1.28. The summed E-state index contributed by atoms with van der Waals surface area (Å²) in [5.74, 6) is -1.20. The van der Waals surface area contributed by atoms with Gasteiger partial charge in [-0.1, -0.05) is 30.3 Å². The number of sulfonamides is 1. The van der Waals surface area contributed by atoms with Gasteiger partial charge in [0.2, 0.25) is 10.0 Å². The van der Waals surface area contributed by atoms with Crippen molar-refractivity contribution in [3.05, 3.63) is 47.8 Å². The first-order valence-electron chi connectivity index (χ1n) is 7.09. The molecule has 0 saturated carbocycles. The second-order valence-corrected chi connectivity index (χ2v) is 6.97. The summed E-state index contributed by atoms with van der Waals surface area (Å²) in [5, 5.41) is 13.3. The molecule has 0 fully saturated rings. The van der Waals surface area contributed by atoms with E-state index < -0.39 is 22.0 Å². The second-order valence-electron chi connectivity index (χ2n) is 5.29. The molecule has 0 aliphatic heterocycles. The third-order valence-electron chi connectivity index (χ3n) is 3.42. The summed E-state index contributed by atoms with van der Waals surface area (Å²) >= 11 is 0. The van der Waals surface area contributed by atoms with E-state index in [0.717, 1.165) is 5.56 Å². The molecule has 8 heteroatoms. The molecule has 124 valence electrons. The predicted octanol–water partition coefficient (Wildman–Crippen LogP) is 1.09. The SMILES string of the molecule is Cc1nn(C)cc1S(=O)(=O)N[C@H](CCc1ccccc1)C(=O)O. The van der Waals surface area contributed by atoms with Gasteiger partial charge in [0.05, 0.1) is 5.69 Å². The van der Waals surface area contributed by atoms with Crippen LogP contribution in [0.25, 0.3) is 0 Å². The molecule has 0 saturated heterocycles. The number of hydrogen-bond acceptors (Lipinski definition) is 4. The molecule has 0 amide bonds. The zero-order valence-corrected chi connectivity index (χ0v) is 13.7. The second kappa shape index (κ2) is 6.93. The Kier molecular flexibility index (Phi) is 5.17. The Morgan fingerprint density at radius 2 is 2.00 bits per heavy atom. The van der Waals surface area contributed by atoms with Gasteiger partial charge in [0.15, 0.2) is 0 Å². The number of aryl methyl sites for hydroxylation is 3. The lowest BCUT2D eigenvalue weighted by atomic mass is 10.1. The van der Waals surface area contributed by atoms with Crippen molar-refractivity contribution in [3.63, 3.8) is 0 Å². The normalized spacial score (nSPS) is 13.0. The molecular formula is C15H19N3O4S. The average Bonchev–Trinajstić information content (AvgIpc) is 2.84. The highest BCUT2D eigenvalue weighted by Crippen LogP contribution is 2.14. The number of aliphatic carboxylic acids is 1. The summed E-state index contributed by atoms with van der Waals surface area (Å²) in [6, 6.07) is 8.13. The van der Waals surface area contributed by atoms with Gasteiger partial charge in [-0.05, 0) is 25.3 Å². The molecule has 1 aromatic heterocycles. The van der Waals surface area contributed by atoms with Crippen LogP contribution >= 0.6 is 0 Å². The maximum atomic E-state index is 12.4. The van der Waals surface area contributed by atoms with E-state index in [9.17, 15) is 18.3 Å². The van der Waals surface area contributed by atoms with Gasteiger partial charge in [-0.15, -0.1) is 0 Å². The highest BCUT2D eigenvalue weighted by atomic mass is 32.2. The molecule has 0 aliphatic carbocycles. The van der Waals surface area contributed by atoms with E-state index in [-0.39, 0.29) is 11.3 Å². The van der Waals surface area contributed by atoms with Crippen LogP contribution in [0, 0.1) is 6.92 Å². The number of benzene rings is 1. The highest BCUT2D eigenvalue weighted by Gasteiger charge is 2.27. The summed E-state index contributed by atoms with van der Waals surface area (Å²) in [7, 11) is -2.33. The fraction of sp³-hybridized carbons (Fsp3) is 0.333. The Morgan fingerprint density at radius 1 is 1.35 bits per heavy atom. The molecular weight excluding hydrogens is 318 g/mol. The number of carbonyl (C=O) groups is 1. The molecule has 1 aromatic carbocycles. The summed E-state index contributed by atoms with van der Waals surface area (Å²) in [4.78, 5) is 11.4. The van der Waals surface area contributed by atoms with Crippen molar-refractivity contribution in [2.24, 2.45) is 7.05 Å². The summed E-state index contributed by atoms with van der Waals surface area (Å²) in [6.07, 6.45) is 1.98. The number of carboxylic acids is 1. The van der Waals surface area contributed by atoms with E-state index in [0.29, 0.717) is 12.1 Å². The minimum Gasteiger partial charge on any atom is -0.480 e. The molecule has 0 spiro atoms. The summed E-state index contributed by atoms with van der Waals surface area (Å²) in [6.45, 7) is 1.56. The average molecular weight is 337 g/mol. The van der Waals surface area contributed by atoms with Gasteiger partial charge in [-0.25, -0.2) is 8.42 Å². The molecule has 2 N–H and O–H groups in total. The number of rotatable bonds is 7. The van der Waals surface area contributed by atoms with Crippen LogP contribution in [0.15, 0.2) is 41.4 Å². The first kappa shape index (κ1) is 17.2. The fourth-order valence-corrected chi connectivity index (χ4v) is 3.72. The topological polar surface area (TPSA) is 101 Å². The van der Waals surface area contributed by atoms with Gasteiger partial charge >= 0.3 is 5.97 Å². The first-order chi connectivity index (χ1) is 10.8. The van der Waals surface area contributed by atoms with Crippen LogP contribution in [0.1, 0.15) is 17.7 Å². The molecule has 1 heterocycles. The zero-order chi connectivity index (χ0) is 17.0. The zero-order valence-electron chi connectivity index (χ0n) is 12.9. The molecule has 0 unspecified atom stereocenters. The van der Waals surface area contributed by atoms with Crippen LogP contribution in [0.2, 0.25) is 0 Å². The van der Waals surface area contributed by atoms with Crippen LogP contribution in [0.3, 0.4) is 0 Å². The largest absolute Gasteiger partial charge is 0.480 e. The third kappa shape index (κ3) is 4.40. The number of aromatic nitrogens is 2. The van der Waals surface area contributed by atoms with Crippen molar-refractivity contribution >= 4 is 16.0 Å². The number of carboxylic acid groups (broad SMARTS) is 1. The van der Waals surface area contributed by atoms with Crippen molar-refractivity contribution in [1.29, 1.82) is 0 Å². The van der Waals surface area contributed by atoms with Crippen molar-refractivity contribution in [2.45, 2.75) is 30.7 Å². The van der Waals surface area contributed by atoms with Crippen molar-refractivity contribution in [2.75, 3.05) is 0 Å². The van der Waals surface area contributed by atoms with Gasteiger partial charge in [0.1, 0.15) is 10.9 Å². The Bertz CT molecular complexity index is 784. The Labute approximate surface area is 135 Å². The number of hydrogen-bond donors (Lipinski definition) is 2. The van der Waals surface area contributed by atoms with E-state index in [1.165, 1.54) is 10.9 Å². The van der Waals surface area contributed by atoms with Gasteiger partial charge in [0.25, 0.3) is 0 Å². The van der Waals surface area contributed by atoms with Crippen LogP contribution in [0.5, 0.6) is 0 Å². The fourth-order valence-electron chi connectivity index (χ4n) is 2.28. The number of nitrogens with one attached hydrogen (secondary N) is 1. The van der Waals surface area contributed by atoms with Gasteiger partial charge in [0, 0.05) is 13.2 Å². The van der Waals surface area contributed by atoms with Crippen LogP contribution in [0.4, 0.5) is 0 Å². The molecule has 0 bridgehead atoms. The van der Waals surface area contributed by atoms with Crippen LogP contribution in [-0.2, 0) is 28.3 Å². The third-order valence-corrected chi connectivity index (χ3v) is 4.99. The lowest BCUT2D eigenvalue weighted by molar-refractivity contribution is -0.139. The van der Waals surface area contributed by atoms with Crippen molar-refractivity contribution in [3.8, 4) is 0 Å². The van der Waals surface area contributed by atoms with Gasteiger partial charge in [-0.2, -0.15) is 9.82 Å². The Hall–Kier alpha value is -2.19. The lowest BCUT2D eigenvalue weighted by Crippen LogP contribution is -2.41. The first-order valence-corrected chi connectivity index (χ1v) is 8.57. The molecule has 7 nitrogen and oxygen atoms in total. The van der Waals surface area contributed by atoms with E-state index in [4.69, 9.17) is 0 Å². The predicted molar refractivity (Wildman–Crippen MR) is 84.5 cm³/mol. The van der Waals surface area contributed by atoms with E-state index in [1.807, 2.05) is 30.3 Å². The number of nitrogens with zero attached hydrogens (tertiary/aromatic N) is 2. The Balaban J connectivity index is 2.12. The highest BCUT2D eigenvalue weighted by molar-refractivity contribution is 7.89. The van der Waals surface area contributed by atoms with Crippen LogP contribution < -0.4 is 4.72 Å². The molecule has 1 atom stereocenters. The van der Waals surface area contributed by atoms with Crippen molar-refractivity contribution < 1.29 is 18.3 Å². The molecule has 2 rings (SSSR count). The van der Waals surface area contributed by atoms with E-state index in [2.05, 4.69) is 9.82 Å². The molecule has 2 aromatic rings. The minimum atomic E-state index is -3.93. The molecule has 0 aliphatic rings. The molecule has 0 radical (unpaired) electrons. The smallest absolute Gasteiger partial charge is 0.321 e. The Morgan fingerprint density at radius 3 is 2.52 bits per heavy atom. The van der Waals surface area contributed by atoms with E-state index in [1.54, 1.807) is 14.0 Å². The standard InChI is InChI=1S/C15H19N3O4S/c1-11-14(10-18(2)16-11)23(21,22)17-13(15(19)20)9-8-12-6-4-3-5-7-12/h3-7,10,13,17H,8-9H2,1-2H3,(H,19,20)/t13-/m1/s1. The summed E-state index contributed by atoms with van der Waals surface area (Å²) < 4.78 is 28.4. The quantitative estimate of drug-likeness (QED) is 0.787. The van der Waals surface area contributed by atoms with Crippen LogP contribution in [-0.4, -0.2) is 35.3 Å². The minimum absolute atomic E-state index is 0.00837. The monoisotopic (exact) mass is 337 g/mol. The van der Waals surface area contributed by atoms with Gasteiger partial charge < -0.3 is 5.11 Å². The maximum absolute atomic E-state index is 12.4. The van der Waals surface area contributed by atoms with Crippen molar-refractivity contribution in [1.82, 2.24) is 14.5 Å². The molecule has 23 heavy (non-hydrogen) atoms. The van der Waals surface area contributed by atoms with Gasteiger partial charge in [-0.3, -0.25) is 9.48 Å². The lowest BCUT2D eigenvalue weighted by Gasteiger charge is -2.14.